The van der Waals surface area contributed by atoms with Gasteiger partial charge in [-0.3, -0.25) is 19.5 Å². The summed E-state index contributed by atoms with van der Waals surface area (Å²) in [6.45, 7) is 9.64. The summed E-state index contributed by atoms with van der Waals surface area (Å²) in [6, 6.07) is 13.9. The van der Waals surface area contributed by atoms with Gasteiger partial charge in [0.05, 0.1) is 22.7 Å². The zero-order chi connectivity index (χ0) is 33.4. The van der Waals surface area contributed by atoms with Crippen LogP contribution in [0, 0.1) is 18.8 Å². The monoisotopic (exact) mass is 674 g/mol. The first kappa shape index (κ1) is 32.9. The van der Waals surface area contributed by atoms with Crippen LogP contribution < -0.4 is 11.4 Å². The Morgan fingerprint density at radius 2 is 1.67 bits per heavy atom. The number of likely N-dealkylation sites (tertiary alicyclic amines) is 1. The minimum absolute atomic E-state index is 0.0321. The maximum atomic E-state index is 14.2. The molecule has 8 rings (SSSR count). The van der Waals surface area contributed by atoms with Crippen LogP contribution in [-0.2, 0) is 16.0 Å². The number of H-pyrrole nitrogens is 1. The van der Waals surface area contributed by atoms with Gasteiger partial charge in [-0.15, -0.1) is 5.10 Å². The number of aryl methyl sites for hydroxylation is 1. The van der Waals surface area contributed by atoms with Gasteiger partial charge in [0, 0.05) is 63.8 Å². The van der Waals surface area contributed by atoms with Crippen LogP contribution in [0.2, 0.25) is 5.02 Å². The maximum Gasteiger partial charge on any atom is 0.343 e. The van der Waals surface area contributed by atoms with Crippen molar-refractivity contribution in [1.29, 1.82) is 0 Å². The van der Waals surface area contributed by atoms with Crippen molar-refractivity contribution >= 4 is 29.1 Å². The second kappa shape index (κ2) is 14.1. The molecule has 2 bridgehead atoms. The first-order valence-corrected chi connectivity index (χ1v) is 17.9. The van der Waals surface area contributed by atoms with Crippen molar-refractivity contribution in [3.8, 4) is 11.4 Å². The molecular formula is C36H47ClN8O3. The van der Waals surface area contributed by atoms with E-state index in [1.807, 2.05) is 59.2 Å². The van der Waals surface area contributed by atoms with E-state index < -0.39 is 5.92 Å². The number of aromatic amines is 1. The summed E-state index contributed by atoms with van der Waals surface area (Å²) in [5.41, 5.74) is 9.06. The molecule has 2 atom stereocenters. The zero-order valence-corrected chi connectivity index (χ0v) is 28.6. The highest BCUT2D eigenvalue weighted by atomic mass is 35.5. The number of carbonyl (C=O) groups is 2. The lowest BCUT2D eigenvalue weighted by molar-refractivity contribution is -0.143. The normalized spacial score (nSPS) is 24.2. The molecule has 5 fully saturated rings. The SMILES string of the molecule is Cc1cc(C[C@@H](CC(=O)N2CCC(n3nc(-c4ccccc4)[nH]c3=O)CC2)C(=O)N2CCN(C3CN4CCC3CC4)CC2)cc(Cl)c1N. The van der Waals surface area contributed by atoms with Crippen LogP contribution in [0.15, 0.2) is 47.3 Å². The molecule has 1 aromatic heterocycles. The topological polar surface area (TPSA) is 124 Å². The number of nitrogens with one attached hydrogen (secondary N) is 1. The number of carbonyl (C=O) groups excluding carboxylic acids is 2. The Labute approximate surface area is 287 Å². The van der Waals surface area contributed by atoms with E-state index in [9.17, 15) is 14.4 Å². The lowest BCUT2D eigenvalue weighted by Gasteiger charge is -2.51. The molecule has 1 unspecified atom stereocenters. The molecule has 0 saturated carbocycles. The Bertz CT molecular complexity index is 1640. The first-order chi connectivity index (χ1) is 23.2. The smallest absolute Gasteiger partial charge is 0.343 e. The highest BCUT2D eigenvalue weighted by Crippen LogP contribution is 2.32. The molecule has 3 N–H and O–H groups in total. The molecule has 5 aliphatic rings. The van der Waals surface area contributed by atoms with E-state index in [-0.39, 0.29) is 30.0 Å². The van der Waals surface area contributed by atoms with Crippen molar-refractivity contribution in [2.24, 2.45) is 11.8 Å². The highest BCUT2D eigenvalue weighted by Gasteiger charge is 2.39. The number of benzene rings is 2. The average Bonchev–Trinajstić information content (AvgIpc) is 3.52. The molecule has 0 radical (unpaired) electrons. The summed E-state index contributed by atoms with van der Waals surface area (Å²) < 4.78 is 1.53. The predicted octanol–water partition coefficient (Wildman–Crippen LogP) is 3.43. The number of hydrogen-bond acceptors (Lipinski definition) is 7. The lowest BCUT2D eigenvalue weighted by Crippen LogP contribution is -2.61. The molecule has 0 aliphatic carbocycles. The van der Waals surface area contributed by atoms with E-state index in [2.05, 4.69) is 19.9 Å². The molecular weight excluding hydrogens is 628 g/mol. The van der Waals surface area contributed by atoms with Crippen LogP contribution in [0.1, 0.15) is 49.3 Å². The van der Waals surface area contributed by atoms with Crippen LogP contribution in [0.3, 0.4) is 0 Å². The van der Waals surface area contributed by atoms with Crippen LogP contribution in [0.25, 0.3) is 11.4 Å². The summed E-state index contributed by atoms with van der Waals surface area (Å²) in [5, 5.41) is 5.05. The molecule has 3 aromatic rings. The quantitative estimate of drug-likeness (QED) is 0.351. The number of anilines is 1. The minimum Gasteiger partial charge on any atom is -0.397 e. The fourth-order valence-corrected chi connectivity index (χ4v) is 8.65. The number of piperidine rings is 4. The average molecular weight is 675 g/mol. The fraction of sp³-hybridized carbons (Fsp3) is 0.556. The number of piperazine rings is 1. The summed E-state index contributed by atoms with van der Waals surface area (Å²) in [4.78, 5) is 52.7. The molecule has 6 heterocycles. The highest BCUT2D eigenvalue weighted by molar-refractivity contribution is 6.33. The van der Waals surface area contributed by atoms with E-state index in [1.54, 1.807) is 0 Å². The molecule has 48 heavy (non-hydrogen) atoms. The van der Waals surface area contributed by atoms with Gasteiger partial charge >= 0.3 is 5.69 Å². The molecule has 5 saturated heterocycles. The van der Waals surface area contributed by atoms with Crippen LogP contribution in [0.5, 0.6) is 0 Å². The Hall–Kier alpha value is -3.67. The Kier molecular flexibility index (Phi) is 9.62. The number of nitrogens with zero attached hydrogens (tertiary/aromatic N) is 6. The zero-order valence-electron chi connectivity index (χ0n) is 27.8. The number of hydrogen-bond donors (Lipinski definition) is 2. The molecule has 2 amide bonds. The number of nitrogens with two attached hydrogens (primary N) is 1. The maximum absolute atomic E-state index is 14.2. The van der Waals surface area contributed by atoms with Gasteiger partial charge in [-0.05, 0) is 75.2 Å². The molecule has 11 nitrogen and oxygen atoms in total. The van der Waals surface area contributed by atoms with Crippen molar-refractivity contribution in [2.75, 3.05) is 64.6 Å². The largest absolute Gasteiger partial charge is 0.397 e. The van der Waals surface area contributed by atoms with Crippen LogP contribution in [-0.4, -0.2) is 111 Å². The van der Waals surface area contributed by atoms with E-state index in [0.29, 0.717) is 68.0 Å². The third-order valence-corrected chi connectivity index (χ3v) is 11.5. The Morgan fingerprint density at radius 3 is 2.31 bits per heavy atom. The van der Waals surface area contributed by atoms with Crippen molar-refractivity contribution in [3.05, 3.63) is 69.1 Å². The minimum atomic E-state index is -0.500. The van der Waals surface area contributed by atoms with Gasteiger partial charge in [-0.25, -0.2) is 9.48 Å². The first-order valence-electron chi connectivity index (χ1n) is 17.5. The second-order valence-corrected chi connectivity index (χ2v) is 14.6. The van der Waals surface area contributed by atoms with E-state index in [1.165, 1.54) is 30.6 Å². The van der Waals surface area contributed by atoms with Crippen molar-refractivity contribution in [1.82, 2.24) is 34.4 Å². The third-order valence-electron chi connectivity index (χ3n) is 11.2. The standard InChI is InChI=1S/C36H47ClN8O3/c1-24-19-25(21-30(37)33(24)38)20-28(35(47)44-17-15-42(16-18-44)31-23-41-11-7-26(31)8-12-41)22-32(46)43-13-9-29(10-14-43)45-36(48)39-34(40-45)27-5-3-2-4-6-27/h2-6,19,21,26,28-29,31H,7-18,20,22-23,38H2,1H3,(H,39,40,48)/t28-,31?/m0/s1. The van der Waals surface area contributed by atoms with E-state index >= 15 is 0 Å². The van der Waals surface area contributed by atoms with Crippen molar-refractivity contribution in [2.45, 2.75) is 57.5 Å². The fourth-order valence-electron chi connectivity index (χ4n) is 8.37. The number of halogens is 1. The van der Waals surface area contributed by atoms with E-state index in [0.717, 1.165) is 42.2 Å². The summed E-state index contributed by atoms with van der Waals surface area (Å²) >= 11 is 6.45. The number of rotatable bonds is 8. The molecule has 12 heteroatoms. The Morgan fingerprint density at radius 1 is 0.958 bits per heavy atom. The van der Waals surface area contributed by atoms with Crippen molar-refractivity contribution in [3.63, 3.8) is 0 Å². The summed E-state index contributed by atoms with van der Waals surface area (Å²) in [5.74, 6) is 0.815. The lowest BCUT2D eigenvalue weighted by atomic mass is 9.83. The molecule has 256 valence electrons. The number of aromatic nitrogens is 3. The van der Waals surface area contributed by atoms with Gasteiger partial charge in [0.1, 0.15) is 0 Å². The van der Waals surface area contributed by atoms with Gasteiger partial charge in [0.25, 0.3) is 0 Å². The Balaban J connectivity index is 1.00. The van der Waals surface area contributed by atoms with Gasteiger partial charge in [0.15, 0.2) is 5.82 Å². The van der Waals surface area contributed by atoms with E-state index in [4.69, 9.17) is 17.3 Å². The third kappa shape index (κ3) is 6.91. The van der Waals surface area contributed by atoms with Crippen molar-refractivity contribution < 1.29 is 9.59 Å². The second-order valence-electron chi connectivity index (χ2n) is 14.2. The van der Waals surface area contributed by atoms with Gasteiger partial charge < -0.3 is 20.4 Å². The van der Waals surface area contributed by atoms with Gasteiger partial charge in [-0.2, -0.15) is 0 Å². The molecule has 5 aliphatic heterocycles. The van der Waals surface area contributed by atoms with Crippen LogP contribution >= 0.6 is 11.6 Å². The number of fused-ring (bicyclic) bond motifs is 3. The molecule has 2 aromatic carbocycles. The molecule has 0 spiro atoms. The summed E-state index contributed by atoms with van der Waals surface area (Å²) in [6.07, 6.45) is 4.36. The summed E-state index contributed by atoms with van der Waals surface area (Å²) in [7, 11) is 0. The van der Waals surface area contributed by atoms with Gasteiger partial charge in [-0.1, -0.05) is 48.0 Å². The number of amides is 2. The number of nitrogen functional groups attached to an aromatic ring is 1. The van der Waals surface area contributed by atoms with Crippen LogP contribution in [0.4, 0.5) is 5.69 Å². The predicted molar refractivity (Wildman–Crippen MR) is 187 cm³/mol. The van der Waals surface area contributed by atoms with Gasteiger partial charge in [0.2, 0.25) is 11.8 Å².